The summed E-state index contributed by atoms with van der Waals surface area (Å²) in [7, 11) is 2.04. The number of hydrogen-bond donors (Lipinski definition) is 0. The molecule has 116 valence electrons. The van der Waals surface area contributed by atoms with E-state index in [1.54, 1.807) is 12.1 Å². The molecule has 0 spiro atoms. The Kier molecular flexibility index (Phi) is 3.23. The van der Waals surface area contributed by atoms with Crippen LogP contribution in [0.25, 0.3) is 0 Å². The van der Waals surface area contributed by atoms with Gasteiger partial charge in [-0.05, 0) is 26.0 Å². The highest BCUT2D eigenvalue weighted by molar-refractivity contribution is 5.39. The molecule has 0 N–H and O–H groups in total. The molecule has 1 aliphatic carbocycles. The highest BCUT2D eigenvalue weighted by Gasteiger charge is 2.52. The van der Waals surface area contributed by atoms with Gasteiger partial charge >= 0.3 is 0 Å². The molecule has 0 unspecified atom stereocenters. The van der Waals surface area contributed by atoms with Crippen molar-refractivity contribution in [1.29, 1.82) is 0 Å². The fraction of sp³-hybridized carbons (Fsp3) is 0.500. The van der Waals surface area contributed by atoms with Gasteiger partial charge in [-0.2, -0.15) is 4.98 Å². The molecule has 1 aliphatic heterocycles. The first-order valence-electron chi connectivity index (χ1n) is 7.58. The van der Waals surface area contributed by atoms with Gasteiger partial charge in [0.15, 0.2) is 0 Å². The lowest BCUT2D eigenvalue weighted by Crippen LogP contribution is -2.35. The number of likely N-dealkylation sites (N-methyl/N-ethyl adjacent to an activating group) is 1. The molecule has 1 aromatic carbocycles. The first-order chi connectivity index (χ1) is 10.7. The average Bonchev–Trinajstić information content (AvgIpc) is 3.17. The van der Waals surface area contributed by atoms with Crippen LogP contribution in [-0.2, 0) is 10.2 Å². The van der Waals surface area contributed by atoms with Gasteiger partial charge in [0.25, 0.3) is 0 Å². The van der Waals surface area contributed by atoms with E-state index in [9.17, 15) is 4.39 Å². The van der Waals surface area contributed by atoms with Crippen molar-refractivity contribution in [2.75, 3.05) is 26.7 Å². The van der Waals surface area contributed by atoms with Crippen molar-refractivity contribution < 1.29 is 13.7 Å². The number of benzene rings is 1. The lowest BCUT2D eigenvalue weighted by molar-refractivity contribution is -0.0264. The first kappa shape index (κ1) is 13.8. The fourth-order valence-electron chi connectivity index (χ4n) is 3.07. The summed E-state index contributed by atoms with van der Waals surface area (Å²) in [5.74, 6) is 0.849. The molecular formula is C16H18FN3O2. The molecular weight excluding hydrogens is 285 g/mol. The molecule has 2 aliphatic rings. The van der Waals surface area contributed by atoms with E-state index in [0.717, 1.165) is 25.9 Å². The molecule has 2 heterocycles. The number of hydrogen-bond acceptors (Lipinski definition) is 5. The number of rotatable bonds is 3. The van der Waals surface area contributed by atoms with Gasteiger partial charge in [0.1, 0.15) is 11.9 Å². The maximum atomic E-state index is 14.1. The molecule has 1 atom stereocenters. The molecule has 2 aromatic rings. The molecule has 1 saturated carbocycles. The zero-order chi connectivity index (χ0) is 15.2. The predicted molar refractivity (Wildman–Crippen MR) is 76.9 cm³/mol. The van der Waals surface area contributed by atoms with E-state index < -0.39 is 5.41 Å². The third-order valence-electron chi connectivity index (χ3n) is 4.55. The Labute approximate surface area is 128 Å². The van der Waals surface area contributed by atoms with Crippen LogP contribution in [-0.4, -0.2) is 41.8 Å². The molecule has 6 heteroatoms. The highest BCUT2D eigenvalue weighted by atomic mass is 19.1. The van der Waals surface area contributed by atoms with Crippen LogP contribution < -0.4 is 0 Å². The topological polar surface area (TPSA) is 51.4 Å². The minimum absolute atomic E-state index is 0.173. The summed E-state index contributed by atoms with van der Waals surface area (Å²) < 4.78 is 25.3. The van der Waals surface area contributed by atoms with Crippen LogP contribution >= 0.6 is 0 Å². The third kappa shape index (κ3) is 2.23. The van der Waals surface area contributed by atoms with Gasteiger partial charge in [-0.3, -0.25) is 0 Å². The number of ether oxygens (including phenoxy) is 1. The minimum Gasteiger partial charge on any atom is -0.367 e. The van der Waals surface area contributed by atoms with Crippen LogP contribution in [0.4, 0.5) is 4.39 Å². The quantitative estimate of drug-likeness (QED) is 0.871. The largest absolute Gasteiger partial charge is 0.367 e. The summed E-state index contributed by atoms with van der Waals surface area (Å²) in [6.45, 7) is 2.30. The van der Waals surface area contributed by atoms with Crippen molar-refractivity contribution in [2.45, 2.75) is 24.4 Å². The molecule has 1 saturated heterocycles. The van der Waals surface area contributed by atoms with Crippen molar-refractivity contribution in [1.82, 2.24) is 15.0 Å². The molecule has 0 bridgehead atoms. The van der Waals surface area contributed by atoms with Crippen LogP contribution in [0.15, 0.2) is 28.8 Å². The molecule has 5 nitrogen and oxygen atoms in total. The third-order valence-corrected chi connectivity index (χ3v) is 4.55. The maximum Gasteiger partial charge on any atom is 0.237 e. The Balaban J connectivity index is 1.63. The molecule has 1 aromatic heterocycles. The van der Waals surface area contributed by atoms with E-state index >= 15 is 0 Å². The Bertz CT molecular complexity index is 684. The monoisotopic (exact) mass is 303 g/mol. The van der Waals surface area contributed by atoms with E-state index in [1.807, 2.05) is 13.1 Å². The number of halogens is 1. The van der Waals surface area contributed by atoms with E-state index in [0.29, 0.717) is 23.9 Å². The van der Waals surface area contributed by atoms with Gasteiger partial charge in [-0.25, -0.2) is 4.39 Å². The summed E-state index contributed by atoms with van der Waals surface area (Å²) in [5.41, 5.74) is 0.198. The summed E-state index contributed by atoms with van der Waals surface area (Å²) in [5, 5.41) is 4.08. The van der Waals surface area contributed by atoms with Gasteiger partial charge < -0.3 is 14.2 Å². The van der Waals surface area contributed by atoms with Gasteiger partial charge in [-0.1, -0.05) is 23.4 Å². The van der Waals surface area contributed by atoms with Gasteiger partial charge in [-0.15, -0.1) is 0 Å². The standard InChI is InChI=1S/C16H18FN3O2/c1-20-8-9-21-13(10-20)14-18-15(22-19-14)16(6-7-16)11-4-2-3-5-12(11)17/h2-5,13H,6-10H2,1H3/t13-/m0/s1. The second kappa shape index (κ2) is 5.14. The molecule has 0 radical (unpaired) electrons. The SMILES string of the molecule is CN1CCO[C@H](c2noc(C3(c4ccccc4F)CC3)n2)C1. The predicted octanol–water partition coefficient (Wildman–Crippen LogP) is 2.29. The van der Waals surface area contributed by atoms with Crippen LogP contribution in [0.5, 0.6) is 0 Å². The second-order valence-electron chi connectivity index (χ2n) is 6.14. The molecule has 22 heavy (non-hydrogen) atoms. The number of morpholine rings is 1. The van der Waals surface area contributed by atoms with Gasteiger partial charge in [0.05, 0.1) is 12.0 Å². The summed E-state index contributed by atoms with van der Waals surface area (Å²) >= 11 is 0. The van der Waals surface area contributed by atoms with Gasteiger partial charge in [0.2, 0.25) is 11.7 Å². The summed E-state index contributed by atoms with van der Waals surface area (Å²) in [6, 6.07) is 6.82. The summed E-state index contributed by atoms with van der Waals surface area (Å²) in [4.78, 5) is 6.70. The number of nitrogens with zero attached hydrogens (tertiary/aromatic N) is 3. The molecule has 2 fully saturated rings. The second-order valence-corrected chi connectivity index (χ2v) is 6.14. The zero-order valence-electron chi connectivity index (χ0n) is 12.5. The Morgan fingerprint density at radius 3 is 2.86 bits per heavy atom. The number of aromatic nitrogens is 2. The minimum atomic E-state index is -0.447. The fourth-order valence-corrected chi connectivity index (χ4v) is 3.07. The van der Waals surface area contributed by atoms with Crippen molar-refractivity contribution in [3.8, 4) is 0 Å². The summed E-state index contributed by atoms with van der Waals surface area (Å²) in [6.07, 6.45) is 1.50. The lowest BCUT2D eigenvalue weighted by atomic mass is 9.95. The van der Waals surface area contributed by atoms with Crippen LogP contribution in [0, 0.1) is 5.82 Å². The maximum absolute atomic E-state index is 14.1. The van der Waals surface area contributed by atoms with Crippen LogP contribution in [0.3, 0.4) is 0 Å². The average molecular weight is 303 g/mol. The van der Waals surface area contributed by atoms with Gasteiger partial charge in [0, 0.05) is 18.7 Å². The Hall–Kier alpha value is -1.79. The first-order valence-corrected chi connectivity index (χ1v) is 7.58. The Morgan fingerprint density at radius 2 is 2.14 bits per heavy atom. The van der Waals surface area contributed by atoms with Crippen molar-refractivity contribution in [3.63, 3.8) is 0 Å². The van der Waals surface area contributed by atoms with Crippen LogP contribution in [0.2, 0.25) is 0 Å². The molecule has 0 amide bonds. The lowest BCUT2D eigenvalue weighted by Gasteiger charge is -2.27. The molecule has 4 rings (SSSR count). The van der Waals surface area contributed by atoms with Crippen molar-refractivity contribution in [2.24, 2.45) is 0 Å². The highest BCUT2D eigenvalue weighted by Crippen LogP contribution is 2.53. The van der Waals surface area contributed by atoms with E-state index in [-0.39, 0.29) is 11.9 Å². The Morgan fingerprint density at radius 1 is 1.32 bits per heavy atom. The van der Waals surface area contributed by atoms with E-state index in [2.05, 4.69) is 15.0 Å². The van der Waals surface area contributed by atoms with Crippen molar-refractivity contribution >= 4 is 0 Å². The zero-order valence-corrected chi connectivity index (χ0v) is 12.5. The normalized spacial score (nSPS) is 24.4. The smallest absolute Gasteiger partial charge is 0.237 e. The van der Waals surface area contributed by atoms with E-state index in [4.69, 9.17) is 9.26 Å². The van der Waals surface area contributed by atoms with Crippen molar-refractivity contribution in [3.05, 3.63) is 47.4 Å². The van der Waals surface area contributed by atoms with Crippen LogP contribution in [0.1, 0.15) is 36.2 Å². The van der Waals surface area contributed by atoms with E-state index in [1.165, 1.54) is 6.07 Å².